The maximum absolute atomic E-state index is 5.83. The van der Waals surface area contributed by atoms with Crippen LogP contribution in [0.1, 0.15) is 25.6 Å². The molecular weight excluding hydrogens is 244 g/mol. The van der Waals surface area contributed by atoms with Gasteiger partial charge in [0.05, 0.1) is 6.10 Å². The third-order valence-corrected chi connectivity index (χ3v) is 3.31. The minimum atomic E-state index is 0.360. The highest BCUT2D eigenvalue weighted by Gasteiger charge is 2.20. The molecular formula is C13H22N4O2. The van der Waals surface area contributed by atoms with Gasteiger partial charge in [0.25, 0.3) is 0 Å². The van der Waals surface area contributed by atoms with Crippen molar-refractivity contribution in [1.82, 2.24) is 9.97 Å². The molecule has 2 N–H and O–H groups in total. The van der Waals surface area contributed by atoms with E-state index in [2.05, 4.69) is 14.9 Å². The van der Waals surface area contributed by atoms with Gasteiger partial charge in [0, 0.05) is 32.9 Å². The van der Waals surface area contributed by atoms with Gasteiger partial charge in [-0.3, -0.25) is 0 Å². The maximum atomic E-state index is 5.83. The molecule has 0 unspecified atom stereocenters. The summed E-state index contributed by atoms with van der Waals surface area (Å²) in [6.07, 6.45) is 2.39. The third-order valence-electron chi connectivity index (χ3n) is 3.31. The van der Waals surface area contributed by atoms with Crippen LogP contribution < -0.4 is 10.6 Å². The van der Waals surface area contributed by atoms with E-state index >= 15 is 0 Å². The molecule has 0 amide bonds. The average molecular weight is 266 g/mol. The number of nitrogen functional groups attached to an aromatic ring is 1. The normalized spacial score (nSPS) is 16.8. The van der Waals surface area contributed by atoms with Gasteiger partial charge in [-0.2, -0.15) is 0 Å². The summed E-state index contributed by atoms with van der Waals surface area (Å²) in [6.45, 7) is 4.87. The summed E-state index contributed by atoms with van der Waals surface area (Å²) in [5.41, 5.74) is 5.83. The Balaban J connectivity index is 2.05. The monoisotopic (exact) mass is 266 g/mol. The highest BCUT2D eigenvalue weighted by atomic mass is 16.5. The number of nitrogens with zero attached hydrogens (tertiary/aromatic N) is 3. The van der Waals surface area contributed by atoms with Gasteiger partial charge in [-0.25, -0.2) is 9.97 Å². The Morgan fingerprint density at radius 2 is 2.11 bits per heavy atom. The summed E-state index contributed by atoms with van der Waals surface area (Å²) in [6, 6.07) is 1.82. The Kier molecular flexibility index (Phi) is 4.93. The lowest BCUT2D eigenvalue weighted by Crippen LogP contribution is -2.37. The van der Waals surface area contributed by atoms with Gasteiger partial charge in [-0.15, -0.1) is 0 Å². The van der Waals surface area contributed by atoms with Crippen molar-refractivity contribution in [3.8, 4) is 0 Å². The molecule has 1 saturated heterocycles. The second-order valence-corrected chi connectivity index (χ2v) is 4.63. The number of methoxy groups -OCH3 is 1. The zero-order valence-electron chi connectivity index (χ0n) is 11.6. The zero-order valence-corrected chi connectivity index (χ0v) is 11.6. The smallest absolute Gasteiger partial charge is 0.158 e. The Hall–Kier alpha value is -1.40. The molecule has 106 valence electrons. The van der Waals surface area contributed by atoms with E-state index in [-0.39, 0.29) is 0 Å². The molecule has 0 bridgehead atoms. The van der Waals surface area contributed by atoms with E-state index in [1.807, 2.05) is 13.0 Å². The van der Waals surface area contributed by atoms with Crippen LogP contribution in [0.2, 0.25) is 0 Å². The number of ether oxygens (including phenoxy) is 2. The molecule has 0 atom stereocenters. The van der Waals surface area contributed by atoms with Crippen LogP contribution >= 0.6 is 0 Å². The second-order valence-electron chi connectivity index (χ2n) is 4.63. The number of piperidine rings is 1. The first-order valence-corrected chi connectivity index (χ1v) is 6.71. The van der Waals surface area contributed by atoms with E-state index in [9.17, 15) is 0 Å². The Morgan fingerprint density at radius 3 is 2.74 bits per heavy atom. The van der Waals surface area contributed by atoms with E-state index in [0.29, 0.717) is 31.0 Å². The molecule has 2 heterocycles. The predicted molar refractivity (Wildman–Crippen MR) is 74.0 cm³/mol. The van der Waals surface area contributed by atoms with E-state index in [4.69, 9.17) is 15.2 Å². The molecule has 0 radical (unpaired) electrons. The van der Waals surface area contributed by atoms with Crippen molar-refractivity contribution >= 4 is 11.6 Å². The molecule has 1 aromatic heterocycles. The van der Waals surface area contributed by atoms with Crippen LogP contribution in [-0.4, -0.2) is 42.9 Å². The van der Waals surface area contributed by atoms with Gasteiger partial charge < -0.3 is 20.1 Å². The minimum Gasteiger partial charge on any atom is -0.384 e. The van der Waals surface area contributed by atoms with Crippen LogP contribution in [0.25, 0.3) is 0 Å². The first-order valence-electron chi connectivity index (χ1n) is 6.71. The predicted octanol–water partition coefficient (Wildman–Crippen LogP) is 1.21. The number of hydrogen-bond acceptors (Lipinski definition) is 6. The van der Waals surface area contributed by atoms with Crippen molar-refractivity contribution in [2.45, 2.75) is 32.5 Å². The van der Waals surface area contributed by atoms with Gasteiger partial charge in [0.2, 0.25) is 0 Å². The topological polar surface area (TPSA) is 73.5 Å². The van der Waals surface area contributed by atoms with E-state index in [1.165, 1.54) is 0 Å². The van der Waals surface area contributed by atoms with Gasteiger partial charge in [-0.05, 0) is 19.8 Å². The van der Waals surface area contributed by atoms with Crippen LogP contribution in [0.3, 0.4) is 0 Å². The molecule has 19 heavy (non-hydrogen) atoms. The summed E-state index contributed by atoms with van der Waals surface area (Å²) in [5, 5.41) is 0. The zero-order chi connectivity index (χ0) is 13.7. The Bertz CT molecular complexity index is 406. The highest BCUT2D eigenvalue weighted by molar-refractivity contribution is 5.47. The van der Waals surface area contributed by atoms with Gasteiger partial charge in [0.15, 0.2) is 5.82 Å². The maximum Gasteiger partial charge on any atom is 0.158 e. The number of aromatic nitrogens is 2. The largest absolute Gasteiger partial charge is 0.384 e. The summed E-state index contributed by atoms with van der Waals surface area (Å²) >= 11 is 0. The molecule has 0 aliphatic carbocycles. The van der Waals surface area contributed by atoms with Gasteiger partial charge in [0.1, 0.15) is 18.2 Å². The number of anilines is 2. The van der Waals surface area contributed by atoms with Crippen molar-refractivity contribution in [2.24, 2.45) is 0 Å². The molecule has 1 fully saturated rings. The van der Waals surface area contributed by atoms with E-state index in [1.54, 1.807) is 7.11 Å². The molecule has 0 saturated carbocycles. The van der Waals surface area contributed by atoms with Crippen LogP contribution in [-0.2, 0) is 16.1 Å². The number of nitrogens with two attached hydrogens (primary N) is 1. The molecule has 2 rings (SSSR count). The molecule has 1 aromatic rings. The van der Waals surface area contributed by atoms with E-state index in [0.717, 1.165) is 31.7 Å². The van der Waals surface area contributed by atoms with Gasteiger partial charge in [-0.1, -0.05) is 0 Å². The Labute approximate surface area is 113 Å². The van der Waals surface area contributed by atoms with E-state index < -0.39 is 0 Å². The lowest BCUT2D eigenvalue weighted by atomic mass is 10.1. The van der Waals surface area contributed by atoms with Crippen molar-refractivity contribution in [1.29, 1.82) is 0 Å². The average Bonchev–Trinajstić information content (AvgIpc) is 2.44. The molecule has 6 nitrogen and oxygen atoms in total. The van der Waals surface area contributed by atoms with Crippen LogP contribution in [0.15, 0.2) is 6.07 Å². The molecule has 6 heteroatoms. The van der Waals surface area contributed by atoms with Crippen molar-refractivity contribution in [3.05, 3.63) is 11.9 Å². The minimum absolute atomic E-state index is 0.360. The van der Waals surface area contributed by atoms with Crippen molar-refractivity contribution in [2.75, 3.05) is 37.4 Å². The standard InChI is InChI=1S/C13H22N4O2/c1-3-19-9-12-15-11(14)8-13(16-12)17-6-4-10(18-2)5-7-17/h8,10H,3-7,9H2,1-2H3,(H2,14,15,16). The molecule has 0 aromatic carbocycles. The fourth-order valence-electron chi connectivity index (χ4n) is 2.24. The first kappa shape index (κ1) is 14.0. The molecule has 0 spiro atoms. The summed E-state index contributed by atoms with van der Waals surface area (Å²) < 4.78 is 10.7. The summed E-state index contributed by atoms with van der Waals surface area (Å²) in [7, 11) is 1.77. The fourth-order valence-corrected chi connectivity index (χ4v) is 2.24. The lowest BCUT2D eigenvalue weighted by Gasteiger charge is -2.32. The quantitative estimate of drug-likeness (QED) is 0.863. The number of hydrogen-bond donors (Lipinski definition) is 1. The van der Waals surface area contributed by atoms with Crippen LogP contribution in [0, 0.1) is 0 Å². The molecule has 1 aliphatic heterocycles. The van der Waals surface area contributed by atoms with Crippen molar-refractivity contribution < 1.29 is 9.47 Å². The Morgan fingerprint density at radius 1 is 1.37 bits per heavy atom. The highest BCUT2D eigenvalue weighted by Crippen LogP contribution is 2.20. The van der Waals surface area contributed by atoms with Crippen LogP contribution in [0.4, 0.5) is 11.6 Å². The first-order chi connectivity index (χ1) is 9.22. The number of rotatable bonds is 5. The second kappa shape index (κ2) is 6.68. The SMILES string of the molecule is CCOCc1nc(N)cc(N2CCC(OC)CC2)n1. The third kappa shape index (κ3) is 3.78. The fraction of sp³-hybridized carbons (Fsp3) is 0.692. The molecule has 1 aliphatic rings. The lowest BCUT2D eigenvalue weighted by molar-refractivity contribution is 0.0817. The van der Waals surface area contributed by atoms with Crippen molar-refractivity contribution in [3.63, 3.8) is 0 Å². The summed E-state index contributed by atoms with van der Waals surface area (Å²) in [4.78, 5) is 10.9. The van der Waals surface area contributed by atoms with Crippen LogP contribution in [0.5, 0.6) is 0 Å². The summed E-state index contributed by atoms with van der Waals surface area (Å²) in [5.74, 6) is 2.02. The van der Waals surface area contributed by atoms with Gasteiger partial charge >= 0.3 is 0 Å².